The number of urea groups is 1. The maximum atomic E-state index is 12.1. The number of fused-ring (bicyclic) bond motifs is 1. The smallest absolute Gasteiger partial charge is 0.319 e. The summed E-state index contributed by atoms with van der Waals surface area (Å²) >= 11 is 0. The predicted octanol–water partition coefficient (Wildman–Crippen LogP) is 1.58. The number of hydrogen-bond donors (Lipinski definition) is 3. The summed E-state index contributed by atoms with van der Waals surface area (Å²) in [4.78, 5) is 23.2. The normalized spacial score (nSPS) is 15.1. The van der Waals surface area contributed by atoms with E-state index in [0.29, 0.717) is 49.4 Å². The minimum absolute atomic E-state index is 0.199. The number of rotatable bonds is 6. The van der Waals surface area contributed by atoms with E-state index in [2.05, 4.69) is 30.8 Å². The first-order valence-corrected chi connectivity index (χ1v) is 9.54. The average Bonchev–Trinajstić information content (AvgIpc) is 3.19. The molecule has 1 fully saturated rings. The van der Waals surface area contributed by atoms with Crippen LogP contribution in [0.25, 0.3) is 0 Å². The van der Waals surface area contributed by atoms with Gasteiger partial charge in [0.15, 0.2) is 11.5 Å². The van der Waals surface area contributed by atoms with E-state index in [1.807, 2.05) is 13.0 Å². The van der Waals surface area contributed by atoms with Gasteiger partial charge in [-0.05, 0) is 19.1 Å². The summed E-state index contributed by atoms with van der Waals surface area (Å²) in [5.41, 5.74) is 1.52. The van der Waals surface area contributed by atoms with E-state index in [1.54, 1.807) is 18.2 Å². The Morgan fingerprint density at radius 3 is 2.79 bits per heavy atom. The molecule has 0 radical (unpaired) electrons. The minimum atomic E-state index is -0.301. The number of amides is 2. The van der Waals surface area contributed by atoms with Crippen molar-refractivity contribution in [1.82, 2.24) is 15.3 Å². The third-order valence-corrected chi connectivity index (χ3v) is 4.50. The van der Waals surface area contributed by atoms with Gasteiger partial charge in [0.05, 0.1) is 13.2 Å². The van der Waals surface area contributed by atoms with Gasteiger partial charge in [-0.15, -0.1) is 0 Å². The molecule has 1 aromatic heterocycles. The van der Waals surface area contributed by atoms with Gasteiger partial charge in [-0.2, -0.15) is 4.98 Å². The molecule has 0 unspecified atom stereocenters. The fraction of sp³-hybridized carbons (Fsp3) is 0.421. The summed E-state index contributed by atoms with van der Waals surface area (Å²) in [7, 11) is 0. The van der Waals surface area contributed by atoms with Gasteiger partial charge in [-0.25, -0.2) is 9.78 Å². The van der Waals surface area contributed by atoms with Crippen LogP contribution in [-0.4, -0.2) is 62.2 Å². The molecule has 1 saturated heterocycles. The third-order valence-electron chi connectivity index (χ3n) is 4.50. The van der Waals surface area contributed by atoms with Crippen molar-refractivity contribution in [3.63, 3.8) is 0 Å². The number of carbonyl (C=O) groups excluding carboxylic acids is 1. The van der Waals surface area contributed by atoms with E-state index in [4.69, 9.17) is 14.2 Å². The molecular formula is C19H24N6O4. The molecule has 2 aromatic rings. The van der Waals surface area contributed by atoms with Crippen LogP contribution in [0, 0.1) is 6.92 Å². The fourth-order valence-corrected chi connectivity index (χ4v) is 3.09. The molecule has 3 heterocycles. The fourth-order valence-electron chi connectivity index (χ4n) is 3.09. The summed E-state index contributed by atoms with van der Waals surface area (Å²) in [5, 5.41) is 8.72. The molecule has 0 saturated carbocycles. The first-order valence-electron chi connectivity index (χ1n) is 9.54. The number of ether oxygens (including phenoxy) is 3. The summed E-state index contributed by atoms with van der Waals surface area (Å²) in [6.07, 6.45) is 0. The Balaban J connectivity index is 1.24. The Morgan fingerprint density at radius 2 is 1.93 bits per heavy atom. The van der Waals surface area contributed by atoms with Crippen molar-refractivity contribution in [3.05, 3.63) is 30.0 Å². The van der Waals surface area contributed by atoms with Gasteiger partial charge in [-0.3, -0.25) is 0 Å². The summed E-state index contributed by atoms with van der Waals surface area (Å²) < 4.78 is 15.9. The van der Waals surface area contributed by atoms with Crippen molar-refractivity contribution >= 4 is 23.5 Å². The zero-order chi connectivity index (χ0) is 20.1. The van der Waals surface area contributed by atoms with E-state index in [-0.39, 0.29) is 12.8 Å². The molecular weight excluding hydrogens is 376 g/mol. The number of nitrogens with zero attached hydrogens (tertiary/aromatic N) is 3. The number of carbonyl (C=O) groups is 1. The van der Waals surface area contributed by atoms with E-state index < -0.39 is 0 Å². The molecule has 1 aromatic carbocycles. The second kappa shape index (κ2) is 8.82. The molecule has 29 heavy (non-hydrogen) atoms. The van der Waals surface area contributed by atoms with E-state index in [1.165, 1.54) is 0 Å². The molecule has 0 aliphatic carbocycles. The zero-order valence-corrected chi connectivity index (χ0v) is 16.2. The van der Waals surface area contributed by atoms with Crippen molar-refractivity contribution in [2.45, 2.75) is 6.92 Å². The topological polar surface area (TPSA) is 110 Å². The molecule has 0 spiro atoms. The van der Waals surface area contributed by atoms with E-state index in [9.17, 15) is 4.79 Å². The molecule has 10 heteroatoms. The molecule has 3 N–H and O–H groups in total. The largest absolute Gasteiger partial charge is 0.454 e. The lowest BCUT2D eigenvalue weighted by Gasteiger charge is -2.28. The highest BCUT2D eigenvalue weighted by molar-refractivity contribution is 5.89. The molecule has 2 amide bonds. The number of hydrogen-bond acceptors (Lipinski definition) is 8. The Kier molecular flexibility index (Phi) is 5.80. The number of aromatic nitrogens is 2. The average molecular weight is 400 g/mol. The van der Waals surface area contributed by atoms with Crippen molar-refractivity contribution in [2.75, 3.05) is 61.7 Å². The molecule has 2 aliphatic rings. The van der Waals surface area contributed by atoms with Gasteiger partial charge in [-0.1, -0.05) is 0 Å². The second-order valence-electron chi connectivity index (χ2n) is 6.67. The van der Waals surface area contributed by atoms with E-state index in [0.717, 1.165) is 24.6 Å². The van der Waals surface area contributed by atoms with E-state index >= 15 is 0 Å². The lowest BCUT2D eigenvalue weighted by molar-refractivity contribution is 0.122. The van der Waals surface area contributed by atoms with Gasteiger partial charge in [0, 0.05) is 49.7 Å². The first kappa shape index (κ1) is 19.1. The number of aryl methyl sites for hydroxylation is 1. The maximum Gasteiger partial charge on any atom is 0.319 e. The Morgan fingerprint density at radius 1 is 1.10 bits per heavy atom. The van der Waals surface area contributed by atoms with Gasteiger partial charge in [0.2, 0.25) is 12.7 Å². The molecule has 0 bridgehead atoms. The van der Waals surface area contributed by atoms with Gasteiger partial charge in [0.1, 0.15) is 5.82 Å². The molecule has 10 nitrogen and oxygen atoms in total. The van der Waals surface area contributed by atoms with Gasteiger partial charge in [0.25, 0.3) is 0 Å². The van der Waals surface area contributed by atoms with Crippen LogP contribution in [0.1, 0.15) is 5.69 Å². The number of benzene rings is 1. The van der Waals surface area contributed by atoms with Crippen LogP contribution in [0.3, 0.4) is 0 Å². The molecule has 154 valence electrons. The highest BCUT2D eigenvalue weighted by atomic mass is 16.7. The van der Waals surface area contributed by atoms with Crippen molar-refractivity contribution in [1.29, 1.82) is 0 Å². The highest BCUT2D eigenvalue weighted by Gasteiger charge is 2.15. The maximum absolute atomic E-state index is 12.1. The summed E-state index contributed by atoms with van der Waals surface area (Å²) in [6.45, 7) is 6.09. The summed E-state index contributed by atoms with van der Waals surface area (Å²) in [5.74, 6) is 2.73. The summed E-state index contributed by atoms with van der Waals surface area (Å²) in [6, 6.07) is 6.92. The minimum Gasteiger partial charge on any atom is -0.454 e. The third kappa shape index (κ3) is 4.96. The quantitative estimate of drug-likeness (QED) is 0.627. The Bertz CT molecular complexity index is 872. The molecule has 4 rings (SSSR count). The lowest BCUT2D eigenvalue weighted by atomic mass is 10.3. The monoisotopic (exact) mass is 400 g/mol. The van der Waals surface area contributed by atoms with Crippen molar-refractivity contribution < 1.29 is 19.0 Å². The first-order chi connectivity index (χ1) is 14.2. The van der Waals surface area contributed by atoms with Gasteiger partial charge < -0.3 is 35.1 Å². The SMILES string of the molecule is Cc1cc(N2CCOCC2)nc(NCCNC(=O)Nc2ccc3c(c2)OCO3)n1. The Hall–Kier alpha value is -3.27. The van der Waals surface area contributed by atoms with Crippen LogP contribution in [0.5, 0.6) is 11.5 Å². The lowest BCUT2D eigenvalue weighted by Crippen LogP contribution is -2.37. The van der Waals surface area contributed by atoms with Crippen LogP contribution in [0.4, 0.5) is 22.2 Å². The molecule has 0 atom stereocenters. The van der Waals surface area contributed by atoms with Crippen LogP contribution in [-0.2, 0) is 4.74 Å². The highest BCUT2D eigenvalue weighted by Crippen LogP contribution is 2.34. The van der Waals surface area contributed by atoms with Crippen LogP contribution >= 0.6 is 0 Å². The number of morpholine rings is 1. The number of anilines is 3. The van der Waals surface area contributed by atoms with Crippen molar-refractivity contribution in [2.24, 2.45) is 0 Å². The molecule has 2 aliphatic heterocycles. The van der Waals surface area contributed by atoms with Crippen molar-refractivity contribution in [3.8, 4) is 11.5 Å². The standard InChI is InChI=1S/C19H24N6O4/c1-13-10-17(25-6-8-27-9-7-25)24-18(22-13)20-4-5-21-19(26)23-14-2-3-15-16(11-14)29-12-28-15/h2-3,10-11H,4-9,12H2,1H3,(H,20,22,24)(H2,21,23,26). The van der Waals surface area contributed by atoms with Crippen LogP contribution < -0.4 is 30.3 Å². The zero-order valence-electron chi connectivity index (χ0n) is 16.2. The Labute approximate surface area is 168 Å². The second-order valence-corrected chi connectivity index (χ2v) is 6.67. The number of nitrogens with one attached hydrogen (secondary N) is 3. The predicted molar refractivity (Wildman–Crippen MR) is 108 cm³/mol. The van der Waals surface area contributed by atoms with Crippen LogP contribution in [0.15, 0.2) is 24.3 Å². The van der Waals surface area contributed by atoms with Gasteiger partial charge >= 0.3 is 6.03 Å². The van der Waals surface area contributed by atoms with Crippen LogP contribution in [0.2, 0.25) is 0 Å².